The number of fused-ring (bicyclic) bond motifs is 1. The third-order valence-electron chi connectivity index (χ3n) is 3.60. The molecule has 3 amide bonds. The molecular weight excluding hydrogens is 384 g/mol. The first-order valence-electron chi connectivity index (χ1n) is 8.58. The third kappa shape index (κ3) is 5.81. The highest BCUT2D eigenvalue weighted by molar-refractivity contribution is 7.99. The number of amides is 3. The normalized spacial score (nSPS) is 10.7. The number of para-hydroxylation sites is 1. The first-order chi connectivity index (χ1) is 13.3. The molecule has 0 aliphatic heterocycles. The Balaban J connectivity index is 2.17. The number of rotatable bonds is 7. The molecule has 0 saturated carbocycles. The second-order valence-electron chi connectivity index (χ2n) is 6.32. The van der Waals surface area contributed by atoms with E-state index in [2.05, 4.69) is 20.4 Å². The van der Waals surface area contributed by atoms with Gasteiger partial charge in [0.05, 0.1) is 23.8 Å². The highest BCUT2D eigenvalue weighted by Crippen LogP contribution is 2.17. The molecule has 2 aromatic rings. The number of hydrogen-bond donors (Lipinski definition) is 2. The molecule has 150 valence electrons. The van der Waals surface area contributed by atoms with Gasteiger partial charge in [-0.3, -0.25) is 24.3 Å². The Labute approximate surface area is 165 Å². The lowest BCUT2D eigenvalue weighted by atomic mass is 10.2. The number of ether oxygens (including phenoxy) is 1. The summed E-state index contributed by atoms with van der Waals surface area (Å²) in [7, 11) is 1.22. The van der Waals surface area contributed by atoms with Gasteiger partial charge in [0, 0.05) is 6.54 Å². The zero-order chi connectivity index (χ0) is 20.7. The molecule has 0 radical (unpaired) electrons. The predicted molar refractivity (Wildman–Crippen MR) is 105 cm³/mol. The van der Waals surface area contributed by atoms with Crippen molar-refractivity contribution in [3.05, 3.63) is 34.6 Å². The first kappa shape index (κ1) is 21.4. The van der Waals surface area contributed by atoms with Gasteiger partial charge in [-0.25, -0.2) is 9.78 Å². The number of methoxy groups -OCH3 is 1. The van der Waals surface area contributed by atoms with Crippen LogP contribution in [-0.4, -0.2) is 46.9 Å². The summed E-state index contributed by atoms with van der Waals surface area (Å²) in [4.78, 5) is 52.4. The number of imide groups is 1. The molecule has 0 bridgehead atoms. The van der Waals surface area contributed by atoms with Crippen molar-refractivity contribution in [2.24, 2.45) is 5.92 Å². The second kappa shape index (κ2) is 9.88. The van der Waals surface area contributed by atoms with Crippen molar-refractivity contribution in [2.75, 3.05) is 19.4 Å². The van der Waals surface area contributed by atoms with Crippen LogP contribution in [0.25, 0.3) is 10.9 Å². The highest BCUT2D eigenvalue weighted by Gasteiger charge is 2.16. The number of carbonyl (C=O) groups is 3. The molecule has 0 saturated heterocycles. The Morgan fingerprint density at radius 2 is 1.96 bits per heavy atom. The monoisotopic (exact) mass is 406 g/mol. The van der Waals surface area contributed by atoms with Crippen LogP contribution in [0.4, 0.5) is 4.79 Å². The van der Waals surface area contributed by atoms with Crippen molar-refractivity contribution in [1.29, 1.82) is 0 Å². The number of carbonyl (C=O) groups excluding carboxylic acids is 3. The van der Waals surface area contributed by atoms with Crippen LogP contribution in [0.1, 0.15) is 13.8 Å². The molecule has 0 fully saturated rings. The highest BCUT2D eigenvalue weighted by atomic mass is 32.2. The van der Waals surface area contributed by atoms with E-state index in [9.17, 15) is 19.2 Å². The van der Waals surface area contributed by atoms with Gasteiger partial charge in [-0.1, -0.05) is 37.7 Å². The van der Waals surface area contributed by atoms with Crippen molar-refractivity contribution in [3.63, 3.8) is 0 Å². The minimum absolute atomic E-state index is 0.152. The van der Waals surface area contributed by atoms with Gasteiger partial charge in [0.25, 0.3) is 5.56 Å². The molecule has 2 rings (SSSR count). The summed E-state index contributed by atoms with van der Waals surface area (Å²) in [6.07, 6.45) is 0. The maximum Gasteiger partial charge on any atom is 0.325 e. The summed E-state index contributed by atoms with van der Waals surface area (Å²) in [6.45, 7) is 3.98. The topological polar surface area (TPSA) is 119 Å². The average Bonchev–Trinajstić information content (AvgIpc) is 2.67. The van der Waals surface area contributed by atoms with Crippen LogP contribution in [0, 0.1) is 5.92 Å². The van der Waals surface area contributed by atoms with E-state index in [1.165, 1.54) is 7.11 Å². The molecule has 1 aromatic carbocycles. The fourth-order valence-corrected chi connectivity index (χ4v) is 3.02. The van der Waals surface area contributed by atoms with Gasteiger partial charge in [-0.15, -0.1) is 0 Å². The molecule has 10 heteroatoms. The maximum atomic E-state index is 12.7. The Hall–Kier alpha value is -2.88. The number of nitrogens with one attached hydrogen (secondary N) is 2. The summed E-state index contributed by atoms with van der Waals surface area (Å²) in [5.74, 6) is -1.05. The van der Waals surface area contributed by atoms with Crippen LogP contribution in [0.15, 0.2) is 34.2 Å². The molecule has 2 N–H and O–H groups in total. The number of esters is 1. The van der Waals surface area contributed by atoms with Crippen molar-refractivity contribution < 1.29 is 19.1 Å². The van der Waals surface area contributed by atoms with E-state index < -0.39 is 23.5 Å². The molecule has 0 aliphatic rings. The molecule has 0 spiro atoms. The minimum atomic E-state index is -0.612. The molecule has 0 aliphatic carbocycles. The Morgan fingerprint density at radius 3 is 2.64 bits per heavy atom. The van der Waals surface area contributed by atoms with Gasteiger partial charge in [0.2, 0.25) is 5.91 Å². The van der Waals surface area contributed by atoms with Gasteiger partial charge >= 0.3 is 12.0 Å². The lowest BCUT2D eigenvalue weighted by Gasteiger charge is -2.12. The van der Waals surface area contributed by atoms with E-state index in [0.717, 1.165) is 16.3 Å². The maximum absolute atomic E-state index is 12.7. The van der Waals surface area contributed by atoms with E-state index in [-0.39, 0.29) is 23.4 Å². The predicted octanol–water partition coefficient (Wildman–Crippen LogP) is 1.14. The van der Waals surface area contributed by atoms with Gasteiger partial charge in [-0.2, -0.15) is 0 Å². The Bertz CT molecular complexity index is 941. The van der Waals surface area contributed by atoms with Crippen molar-refractivity contribution >= 4 is 40.6 Å². The second-order valence-corrected chi connectivity index (χ2v) is 7.26. The largest absolute Gasteiger partial charge is 0.468 e. The zero-order valence-electron chi connectivity index (χ0n) is 15.9. The van der Waals surface area contributed by atoms with E-state index in [0.29, 0.717) is 17.4 Å². The van der Waals surface area contributed by atoms with Crippen LogP contribution in [-0.2, 0) is 20.9 Å². The lowest BCUT2D eigenvalue weighted by molar-refractivity contribution is -0.141. The fraction of sp³-hybridized carbons (Fsp3) is 0.389. The van der Waals surface area contributed by atoms with E-state index >= 15 is 0 Å². The van der Waals surface area contributed by atoms with Crippen LogP contribution < -0.4 is 16.2 Å². The molecule has 0 unspecified atom stereocenters. The van der Waals surface area contributed by atoms with Crippen LogP contribution in [0.5, 0.6) is 0 Å². The standard InChI is InChI=1S/C18H22N4O5S/c1-11(2)8-19-17(26)21-14(23)10-28-18-20-13-7-5-4-6-12(13)16(25)22(18)9-15(24)27-3/h4-7,11H,8-10H2,1-3H3,(H2,19,21,23,26). The number of hydrogen-bond acceptors (Lipinski definition) is 7. The summed E-state index contributed by atoms with van der Waals surface area (Å²) in [6, 6.07) is 6.13. The minimum Gasteiger partial charge on any atom is -0.468 e. The number of aromatic nitrogens is 2. The molecule has 28 heavy (non-hydrogen) atoms. The molecule has 1 heterocycles. The smallest absolute Gasteiger partial charge is 0.325 e. The summed E-state index contributed by atoms with van der Waals surface area (Å²) >= 11 is 0.955. The van der Waals surface area contributed by atoms with Gasteiger partial charge in [-0.05, 0) is 18.1 Å². The quantitative estimate of drug-likeness (QED) is 0.402. The van der Waals surface area contributed by atoms with E-state index in [4.69, 9.17) is 0 Å². The SMILES string of the molecule is COC(=O)Cn1c(SCC(=O)NC(=O)NCC(C)C)nc2ccccc2c1=O. The van der Waals surface area contributed by atoms with Gasteiger partial charge in [0.15, 0.2) is 5.16 Å². The fourth-order valence-electron chi connectivity index (χ4n) is 2.22. The van der Waals surface area contributed by atoms with E-state index in [1.54, 1.807) is 24.3 Å². The number of nitrogens with zero attached hydrogens (tertiary/aromatic N) is 2. The first-order valence-corrected chi connectivity index (χ1v) is 9.57. The Kier molecular flexibility index (Phi) is 7.56. The Morgan fingerprint density at radius 1 is 1.25 bits per heavy atom. The molecule has 1 aromatic heterocycles. The van der Waals surface area contributed by atoms with Crippen LogP contribution in [0.3, 0.4) is 0 Å². The summed E-state index contributed by atoms with van der Waals surface area (Å²) in [5.41, 5.74) is 0.0415. The van der Waals surface area contributed by atoms with Crippen LogP contribution >= 0.6 is 11.8 Å². The lowest BCUT2D eigenvalue weighted by Crippen LogP contribution is -2.41. The van der Waals surface area contributed by atoms with Gasteiger partial charge < -0.3 is 10.1 Å². The van der Waals surface area contributed by atoms with Crippen molar-refractivity contribution in [1.82, 2.24) is 20.2 Å². The van der Waals surface area contributed by atoms with Crippen molar-refractivity contribution in [2.45, 2.75) is 25.5 Å². The third-order valence-corrected chi connectivity index (χ3v) is 4.57. The average molecular weight is 406 g/mol. The summed E-state index contributed by atoms with van der Waals surface area (Å²) < 4.78 is 5.79. The molecular formula is C18H22N4O5S. The molecule has 0 atom stereocenters. The van der Waals surface area contributed by atoms with Crippen molar-refractivity contribution in [3.8, 4) is 0 Å². The number of urea groups is 1. The van der Waals surface area contributed by atoms with Crippen LogP contribution in [0.2, 0.25) is 0 Å². The number of benzene rings is 1. The van der Waals surface area contributed by atoms with E-state index in [1.807, 2.05) is 13.8 Å². The molecule has 9 nitrogen and oxygen atoms in total. The number of thioether (sulfide) groups is 1. The zero-order valence-corrected chi connectivity index (χ0v) is 16.7. The summed E-state index contributed by atoms with van der Waals surface area (Å²) in [5, 5.41) is 5.33. The van der Waals surface area contributed by atoms with Gasteiger partial charge in [0.1, 0.15) is 6.54 Å².